The molecule has 0 aromatic rings. The van der Waals surface area contributed by atoms with E-state index in [1.807, 2.05) is 19.2 Å². The van der Waals surface area contributed by atoms with E-state index in [0.29, 0.717) is 0 Å². The van der Waals surface area contributed by atoms with Gasteiger partial charge in [-0.3, -0.25) is 4.99 Å². The van der Waals surface area contributed by atoms with Crippen LogP contribution in [0.15, 0.2) is 29.4 Å². The number of hydrogen-bond donors (Lipinski definition) is 0. The van der Waals surface area contributed by atoms with Gasteiger partial charge >= 0.3 is 0 Å². The van der Waals surface area contributed by atoms with Crippen LogP contribution in [0.4, 0.5) is 0 Å². The summed E-state index contributed by atoms with van der Waals surface area (Å²) in [7, 11) is 0. The molecule has 11 heavy (non-hydrogen) atoms. The minimum absolute atomic E-state index is 1.08. The van der Waals surface area contributed by atoms with Crippen LogP contribution in [-0.4, -0.2) is 5.71 Å². The molecule has 0 aromatic carbocycles. The SMILES string of the molecule is C=C/C(C)=C\N=C(C)CCC. The van der Waals surface area contributed by atoms with Crippen molar-refractivity contribution in [2.45, 2.75) is 33.6 Å². The zero-order valence-corrected chi connectivity index (χ0v) is 7.72. The fourth-order valence-electron chi connectivity index (χ4n) is 0.691. The van der Waals surface area contributed by atoms with Crippen molar-refractivity contribution in [3.63, 3.8) is 0 Å². The third-order valence-electron chi connectivity index (χ3n) is 1.42. The van der Waals surface area contributed by atoms with Crippen molar-refractivity contribution in [2.24, 2.45) is 4.99 Å². The van der Waals surface area contributed by atoms with Gasteiger partial charge in [-0.25, -0.2) is 0 Å². The molecule has 0 aliphatic heterocycles. The second-order valence-electron chi connectivity index (χ2n) is 2.69. The molecule has 0 amide bonds. The van der Waals surface area contributed by atoms with Gasteiger partial charge in [0.25, 0.3) is 0 Å². The molecule has 0 N–H and O–H groups in total. The van der Waals surface area contributed by atoms with Gasteiger partial charge in [-0.05, 0) is 25.8 Å². The lowest BCUT2D eigenvalue weighted by molar-refractivity contribution is 0.987. The van der Waals surface area contributed by atoms with Crippen molar-refractivity contribution < 1.29 is 0 Å². The lowest BCUT2D eigenvalue weighted by Crippen LogP contribution is -1.87. The van der Waals surface area contributed by atoms with E-state index in [0.717, 1.165) is 18.4 Å². The van der Waals surface area contributed by atoms with E-state index >= 15 is 0 Å². The Bertz CT molecular complexity index is 175. The zero-order valence-electron chi connectivity index (χ0n) is 7.72. The Hall–Kier alpha value is -0.850. The topological polar surface area (TPSA) is 12.4 Å². The fraction of sp³-hybridized carbons (Fsp3) is 0.500. The molecule has 0 spiro atoms. The lowest BCUT2D eigenvalue weighted by Gasteiger charge is -1.93. The Morgan fingerprint density at radius 2 is 2.09 bits per heavy atom. The van der Waals surface area contributed by atoms with Gasteiger partial charge in [0.1, 0.15) is 0 Å². The molecule has 0 aliphatic rings. The van der Waals surface area contributed by atoms with Crippen LogP contribution >= 0.6 is 0 Å². The summed E-state index contributed by atoms with van der Waals surface area (Å²) in [6.07, 6.45) is 5.91. The smallest absolute Gasteiger partial charge is 0.0296 e. The van der Waals surface area contributed by atoms with E-state index in [4.69, 9.17) is 0 Å². The van der Waals surface area contributed by atoms with Crippen LogP contribution in [0.3, 0.4) is 0 Å². The maximum Gasteiger partial charge on any atom is 0.0296 e. The molecule has 1 nitrogen and oxygen atoms in total. The van der Waals surface area contributed by atoms with Crippen LogP contribution in [0.5, 0.6) is 0 Å². The van der Waals surface area contributed by atoms with Crippen LogP contribution in [0.25, 0.3) is 0 Å². The number of aliphatic imine (C=N–C) groups is 1. The molecule has 0 saturated carbocycles. The van der Waals surface area contributed by atoms with Gasteiger partial charge < -0.3 is 0 Å². The van der Waals surface area contributed by atoms with Gasteiger partial charge in [0.05, 0.1) is 0 Å². The fourth-order valence-corrected chi connectivity index (χ4v) is 0.691. The highest BCUT2D eigenvalue weighted by molar-refractivity contribution is 5.82. The number of hydrogen-bond acceptors (Lipinski definition) is 1. The predicted octanol–water partition coefficient (Wildman–Crippen LogP) is 3.34. The maximum atomic E-state index is 4.27. The molecule has 0 fully saturated rings. The Morgan fingerprint density at radius 1 is 1.45 bits per heavy atom. The summed E-state index contributed by atoms with van der Waals surface area (Å²) >= 11 is 0. The standard InChI is InChI=1S/C10H17N/c1-5-7-10(4)11-8-9(3)6-2/h6,8H,2,5,7H2,1,3-4H3/b9-8-,11-10?. The molecule has 0 atom stereocenters. The first kappa shape index (κ1) is 10.2. The average molecular weight is 151 g/mol. The average Bonchev–Trinajstić information content (AvgIpc) is 2.01. The summed E-state index contributed by atoms with van der Waals surface area (Å²) in [6.45, 7) is 9.85. The summed E-state index contributed by atoms with van der Waals surface area (Å²) in [5.41, 5.74) is 2.30. The molecular formula is C10H17N. The van der Waals surface area contributed by atoms with Gasteiger partial charge in [-0.1, -0.05) is 26.0 Å². The maximum absolute atomic E-state index is 4.27. The van der Waals surface area contributed by atoms with Crippen LogP contribution in [-0.2, 0) is 0 Å². The molecule has 1 heteroatoms. The largest absolute Gasteiger partial charge is 0.266 e. The molecule has 0 radical (unpaired) electrons. The molecule has 0 heterocycles. The van der Waals surface area contributed by atoms with E-state index < -0.39 is 0 Å². The van der Waals surface area contributed by atoms with Crippen molar-refractivity contribution in [2.75, 3.05) is 0 Å². The second kappa shape index (κ2) is 5.90. The molecule has 0 aromatic heterocycles. The minimum atomic E-state index is 1.08. The normalized spacial score (nSPS) is 13.4. The third-order valence-corrected chi connectivity index (χ3v) is 1.42. The molecule has 0 unspecified atom stereocenters. The quantitative estimate of drug-likeness (QED) is 0.431. The predicted molar refractivity (Wildman–Crippen MR) is 52.0 cm³/mol. The van der Waals surface area contributed by atoms with Crippen molar-refractivity contribution >= 4 is 5.71 Å². The van der Waals surface area contributed by atoms with E-state index in [1.165, 1.54) is 5.71 Å². The van der Waals surface area contributed by atoms with E-state index in [2.05, 4.69) is 25.4 Å². The molecule has 0 rings (SSSR count). The Kier molecular flexibility index (Phi) is 5.44. The Labute approximate surface area is 69.5 Å². The van der Waals surface area contributed by atoms with Gasteiger partial charge in [0.2, 0.25) is 0 Å². The first-order chi connectivity index (χ1) is 5.20. The van der Waals surface area contributed by atoms with Crippen molar-refractivity contribution in [3.05, 3.63) is 24.4 Å². The van der Waals surface area contributed by atoms with Gasteiger partial charge in [0.15, 0.2) is 0 Å². The first-order valence-electron chi connectivity index (χ1n) is 4.03. The van der Waals surface area contributed by atoms with Gasteiger partial charge in [-0.15, -0.1) is 0 Å². The third kappa shape index (κ3) is 5.59. The van der Waals surface area contributed by atoms with Crippen molar-refractivity contribution in [1.82, 2.24) is 0 Å². The summed E-state index contributed by atoms with van der Waals surface area (Å²) in [6, 6.07) is 0. The minimum Gasteiger partial charge on any atom is -0.266 e. The Balaban J connectivity index is 3.99. The van der Waals surface area contributed by atoms with Crippen molar-refractivity contribution in [3.8, 4) is 0 Å². The second-order valence-corrected chi connectivity index (χ2v) is 2.69. The van der Waals surface area contributed by atoms with Gasteiger partial charge in [0, 0.05) is 11.9 Å². The summed E-state index contributed by atoms with van der Waals surface area (Å²) in [5.74, 6) is 0. The lowest BCUT2D eigenvalue weighted by atomic mass is 10.2. The highest BCUT2D eigenvalue weighted by Gasteiger charge is 1.85. The highest BCUT2D eigenvalue weighted by atomic mass is 14.7. The highest BCUT2D eigenvalue weighted by Crippen LogP contribution is 1.96. The molecule has 0 bridgehead atoms. The summed E-state index contributed by atoms with van der Waals surface area (Å²) in [4.78, 5) is 4.27. The summed E-state index contributed by atoms with van der Waals surface area (Å²) < 4.78 is 0. The zero-order chi connectivity index (χ0) is 8.69. The van der Waals surface area contributed by atoms with E-state index in [-0.39, 0.29) is 0 Å². The monoisotopic (exact) mass is 151 g/mol. The number of allylic oxidation sites excluding steroid dienone is 2. The first-order valence-corrected chi connectivity index (χ1v) is 4.03. The van der Waals surface area contributed by atoms with E-state index in [9.17, 15) is 0 Å². The van der Waals surface area contributed by atoms with Crippen molar-refractivity contribution in [1.29, 1.82) is 0 Å². The number of rotatable bonds is 4. The van der Waals surface area contributed by atoms with E-state index in [1.54, 1.807) is 0 Å². The van der Waals surface area contributed by atoms with Crippen LogP contribution in [0.2, 0.25) is 0 Å². The van der Waals surface area contributed by atoms with Crippen LogP contribution < -0.4 is 0 Å². The van der Waals surface area contributed by atoms with Crippen LogP contribution in [0, 0.1) is 0 Å². The summed E-state index contributed by atoms with van der Waals surface area (Å²) in [5, 5.41) is 0. The molecular weight excluding hydrogens is 134 g/mol. The van der Waals surface area contributed by atoms with Crippen LogP contribution in [0.1, 0.15) is 33.6 Å². The molecule has 62 valence electrons. The molecule has 0 saturated heterocycles. The Morgan fingerprint density at radius 3 is 2.55 bits per heavy atom. The number of nitrogens with zero attached hydrogens (tertiary/aromatic N) is 1. The van der Waals surface area contributed by atoms with Gasteiger partial charge in [-0.2, -0.15) is 0 Å². The molecule has 0 aliphatic carbocycles.